The van der Waals surface area contributed by atoms with Crippen molar-refractivity contribution in [1.82, 2.24) is 29.7 Å². The molecule has 200 valence electrons. The number of carbonyl (C=O) groups is 2. The van der Waals surface area contributed by atoms with Crippen molar-refractivity contribution in [3.05, 3.63) is 23.3 Å². The zero-order chi connectivity index (χ0) is 26.1. The van der Waals surface area contributed by atoms with Crippen molar-refractivity contribution >= 4 is 57.3 Å². The largest absolute Gasteiger partial charge is 0.378 e. The minimum Gasteiger partial charge on any atom is -0.378 e. The van der Waals surface area contributed by atoms with Crippen LogP contribution in [0.25, 0.3) is 21.6 Å². The first-order valence-corrected chi connectivity index (χ1v) is 14.7. The highest BCUT2D eigenvalue weighted by Crippen LogP contribution is 2.35. The average molecular weight is 555 g/mol. The van der Waals surface area contributed by atoms with E-state index in [4.69, 9.17) is 20.4 Å². The number of aromatic nitrogens is 4. The van der Waals surface area contributed by atoms with Crippen molar-refractivity contribution in [1.29, 1.82) is 0 Å². The highest BCUT2D eigenvalue weighted by Gasteiger charge is 2.37. The third kappa shape index (κ3) is 5.20. The molecule has 3 saturated heterocycles. The minimum absolute atomic E-state index is 0.137. The van der Waals surface area contributed by atoms with Gasteiger partial charge in [0, 0.05) is 63.1 Å². The lowest BCUT2D eigenvalue weighted by Crippen LogP contribution is -2.50. The lowest BCUT2D eigenvalue weighted by molar-refractivity contribution is -0.138. The van der Waals surface area contributed by atoms with E-state index in [1.807, 2.05) is 4.90 Å². The summed E-state index contributed by atoms with van der Waals surface area (Å²) in [6.07, 6.45) is 5.05. The SMILES string of the molecule is Nc1ncc(-c2nc(N3CCOCC3)c3sc(CN4CCN(C(=O)C5CCSC5C=O)CC4)cc3n2)cn1. The number of morpholine rings is 1. The van der Waals surface area contributed by atoms with Gasteiger partial charge in [0.05, 0.1) is 40.2 Å². The Bertz CT molecular complexity index is 1310. The molecule has 3 aliphatic heterocycles. The summed E-state index contributed by atoms with van der Waals surface area (Å²) in [5.74, 6) is 2.56. The number of nitrogens with zero attached hydrogens (tertiary/aromatic N) is 7. The van der Waals surface area contributed by atoms with Crippen LogP contribution in [0.5, 0.6) is 0 Å². The van der Waals surface area contributed by atoms with Crippen molar-refractivity contribution < 1.29 is 14.3 Å². The molecule has 3 aromatic rings. The lowest BCUT2D eigenvalue weighted by Gasteiger charge is -2.36. The predicted molar refractivity (Wildman–Crippen MR) is 148 cm³/mol. The first-order valence-electron chi connectivity index (χ1n) is 12.9. The maximum absolute atomic E-state index is 13.0. The summed E-state index contributed by atoms with van der Waals surface area (Å²) in [7, 11) is 0. The summed E-state index contributed by atoms with van der Waals surface area (Å²) in [6.45, 7) is 6.67. The topological polar surface area (TPSA) is 131 Å². The summed E-state index contributed by atoms with van der Waals surface area (Å²) in [5, 5.41) is -0.189. The molecule has 0 saturated carbocycles. The maximum Gasteiger partial charge on any atom is 0.227 e. The van der Waals surface area contributed by atoms with Gasteiger partial charge in [0.2, 0.25) is 11.9 Å². The molecule has 38 heavy (non-hydrogen) atoms. The van der Waals surface area contributed by atoms with Crippen LogP contribution in [0.3, 0.4) is 0 Å². The fraction of sp³-hybridized carbons (Fsp3) is 0.520. The molecular weight excluding hydrogens is 524 g/mol. The Morgan fingerprint density at radius 1 is 1.11 bits per heavy atom. The van der Waals surface area contributed by atoms with Crippen molar-refractivity contribution in [2.45, 2.75) is 18.2 Å². The summed E-state index contributed by atoms with van der Waals surface area (Å²) in [4.78, 5) is 50.2. The zero-order valence-corrected chi connectivity index (χ0v) is 22.6. The van der Waals surface area contributed by atoms with E-state index in [1.54, 1.807) is 35.5 Å². The monoisotopic (exact) mass is 554 g/mol. The van der Waals surface area contributed by atoms with Crippen LogP contribution in [0.4, 0.5) is 11.8 Å². The number of thioether (sulfide) groups is 1. The molecule has 2 atom stereocenters. The van der Waals surface area contributed by atoms with Crippen molar-refractivity contribution in [3.63, 3.8) is 0 Å². The minimum atomic E-state index is -0.189. The summed E-state index contributed by atoms with van der Waals surface area (Å²) >= 11 is 3.33. The Hall–Kier alpha value is -2.87. The highest BCUT2D eigenvalue weighted by atomic mass is 32.2. The third-order valence-corrected chi connectivity index (χ3v) is 9.70. The molecule has 13 heteroatoms. The molecule has 1 amide bonds. The number of ether oxygens (including phenoxy) is 1. The van der Waals surface area contributed by atoms with E-state index in [1.165, 1.54) is 4.88 Å². The number of thiophene rings is 1. The Labute approximate surface area is 228 Å². The molecule has 2 N–H and O–H groups in total. The summed E-state index contributed by atoms with van der Waals surface area (Å²) in [5.41, 5.74) is 7.31. The van der Waals surface area contributed by atoms with Crippen LogP contribution in [0.2, 0.25) is 0 Å². The van der Waals surface area contributed by atoms with Gasteiger partial charge in [-0.2, -0.15) is 11.8 Å². The molecule has 6 heterocycles. The zero-order valence-electron chi connectivity index (χ0n) is 21.0. The van der Waals surface area contributed by atoms with Gasteiger partial charge < -0.3 is 25.1 Å². The number of amides is 1. The number of nitrogen functional groups attached to an aromatic ring is 1. The van der Waals surface area contributed by atoms with Gasteiger partial charge in [0.25, 0.3) is 0 Å². The smallest absolute Gasteiger partial charge is 0.227 e. The van der Waals surface area contributed by atoms with Gasteiger partial charge in [-0.15, -0.1) is 11.3 Å². The molecule has 3 fully saturated rings. The number of fused-ring (bicyclic) bond motifs is 1. The fourth-order valence-corrected chi connectivity index (χ4v) is 7.59. The number of aldehydes is 1. The summed E-state index contributed by atoms with van der Waals surface area (Å²) < 4.78 is 6.63. The predicted octanol–water partition coefficient (Wildman–Crippen LogP) is 1.53. The van der Waals surface area contributed by atoms with Gasteiger partial charge >= 0.3 is 0 Å². The van der Waals surface area contributed by atoms with Gasteiger partial charge in [-0.3, -0.25) is 9.69 Å². The number of hydrogen-bond donors (Lipinski definition) is 1. The summed E-state index contributed by atoms with van der Waals surface area (Å²) in [6, 6.07) is 2.15. The molecular formula is C25H30N8O3S2. The van der Waals surface area contributed by atoms with Crippen molar-refractivity contribution in [2.24, 2.45) is 5.92 Å². The van der Waals surface area contributed by atoms with Crippen LogP contribution in [-0.4, -0.2) is 105 Å². The molecule has 0 radical (unpaired) electrons. The van der Waals surface area contributed by atoms with E-state index < -0.39 is 0 Å². The second-order valence-electron chi connectivity index (χ2n) is 9.70. The molecule has 3 aliphatic rings. The van der Waals surface area contributed by atoms with Crippen LogP contribution in [-0.2, 0) is 20.9 Å². The Kier molecular flexibility index (Phi) is 7.41. The molecule has 0 spiro atoms. The molecule has 0 aromatic carbocycles. The van der Waals surface area contributed by atoms with Crippen molar-refractivity contribution in [2.75, 3.05) is 68.9 Å². The third-order valence-electron chi connectivity index (χ3n) is 7.30. The lowest BCUT2D eigenvalue weighted by atomic mass is 10.0. The van der Waals surface area contributed by atoms with E-state index in [0.29, 0.717) is 32.1 Å². The van der Waals surface area contributed by atoms with E-state index in [9.17, 15) is 9.59 Å². The first kappa shape index (κ1) is 25.4. The number of anilines is 2. The standard InChI is InChI=1S/C25H30N8O3S2/c26-25-27-12-16(13-28-25)22-29-19-11-17(38-21(19)23(30-22)32-6-8-36-9-7-32)14-31-2-4-33(5-3-31)24(35)18-1-10-37-20(18)15-34/h11-13,15,18,20H,1-10,14H2,(H2,26,27,28). The van der Waals surface area contributed by atoms with E-state index >= 15 is 0 Å². The van der Waals surface area contributed by atoms with Gasteiger partial charge in [-0.1, -0.05) is 0 Å². The van der Waals surface area contributed by atoms with Crippen LogP contribution in [0, 0.1) is 5.92 Å². The number of carbonyl (C=O) groups excluding carboxylic acids is 2. The normalized spacial score (nSPS) is 22.7. The first-order chi connectivity index (χ1) is 18.6. The maximum atomic E-state index is 13.0. The second-order valence-corrected chi connectivity index (χ2v) is 12.1. The van der Waals surface area contributed by atoms with Gasteiger partial charge in [-0.05, 0) is 18.2 Å². The Balaban J connectivity index is 1.19. The molecule has 11 nitrogen and oxygen atoms in total. The van der Waals surface area contributed by atoms with Crippen LogP contribution in [0.15, 0.2) is 18.5 Å². The van der Waals surface area contributed by atoms with Gasteiger partial charge in [-0.25, -0.2) is 19.9 Å². The van der Waals surface area contributed by atoms with E-state index in [-0.39, 0.29) is 23.0 Å². The molecule has 0 aliphatic carbocycles. The van der Waals surface area contributed by atoms with E-state index in [2.05, 4.69) is 25.8 Å². The number of hydrogen-bond acceptors (Lipinski definition) is 12. The van der Waals surface area contributed by atoms with E-state index in [0.717, 1.165) is 72.8 Å². The molecule has 0 bridgehead atoms. The number of rotatable bonds is 6. The van der Waals surface area contributed by atoms with Gasteiger partial charge in [0.1, 0.15) is 6.29 Å². The van der Waals surface area contributed by atoms with Crippen molar-refractivity contribution in [3.8, 4) is 11.4 Å². The molecule has 6 rings (SSSR count). The highest BCUT2D eigenvalue weighted by molar-refractivity contribution is 8.00. The average Bonchev–Trinajstić information content (AvgIpc) is 3.60. The molecule has 2 unspecified atom stereocenters. The number of piperazine rings is 1. The molecule has 3 aromatic heterocycles. The fourth-order valence-electron chi connectivity index (χ4n) is 5.21. The Morgan fingerprint density at radius 2 is 1.87 bits per heavy atom. The van der Waals surface area contributed by atoms with Gasteiger partial charge in [0.15, 0.2) is 11.6 Å². The number of nitrogens with two attached hydrogens (primary N) is 1. The van der Waals surface area contributed by atoms with Crippen LogP contribution >= 0.6 is 23.1 Å². The Morgan fingerprint density at radius 3 is 2.61 bits per heavy atom. The van der Waals surface area contributed by atoms with Crippen LogP contribution < -0.4 is 10.6 Å². The quantitative estimate of drug-likeness (QED) is 0.445. The van der Waals surface area contributed by atoms with Crippen LogP contribution in [0.1, 0.15) is 11.3 Å². The second kappa shape index (κ2) is 11.1.